The van der Waals surface area contributed by atoms with Gasteiger partial charge in [-0.25, -0.2) is 17.8 Å². The molecule has 1 saturated heterocycles. The van der Waals surface area contributed by atoms with E-state index in [1.165, 1.54) is 10.4 Å². The fraction of sp³-hybridized carbons (Fsp3) is 0.478. The SMILES string of the molecule is Cc1cnc2c(O)c(C3(C4=CCC(F)C=C4)CC3)nc(N3CCCCCS3(=O)=O)c2c1. The first-order chi connectivity index (χ1) is 14.8. The number of aromatic nitrogens is 2. The van der Waals surface area contributed by atoms with Gasteiger partial charge in [0.2, 0.25) is 10.0 Å². The van der Waals surface area contributed by atoms with Crippen LogP contribution in [0.15, 0.2) is 36.1 Å². The van der Waals surface area contributed by atoms with Gasteiger partial charge in [-0.2, -0.15) is 0 Å². The number of nitrogens with zero attached hydrogens (tertiary/aromatic N) is 3. The van der Waals surface area contributed by atoms with E-state index in [-0.39, 0.29) is 11.5 Å². The number of anilines is 1. The molecule has 2 aliphatic carbocycles. The number of pyridine rings is 2. The van der Waals surface area contributed by atoms with E-state index < -0.39 is 21.6 Å². The Bertz CT molecular complexity index is 1220. The van der Waals surface area contributed by atoms with Crippen molar-refractivity contribution in [2.45, 2.75) is 57.0 Å². The van der Waals surface area contributed by atoms with Crippen molar-refractivity contribution in [2.24, 2.45) is 0 Å². The fourth-order valence-electron chi connectivity index (χ4n) is 4.72. The second-order valence-electron chi connectivity index (χ2n) is 8.84. The number of hydrogen-bond donors (Lipinski definition) is 1. The molecule has 3 heterocycles. The molecule has 3 aliphatic rings. The number of aryl methyl sites for hydroxylation is 1. The van der Waals surface area contributed by atoms with Crippen molar-refractivity contribution < 1.29 is 17.9 Å². The summed E-state index contributed by atoms with van der Waals surface area (Å²) in [6.45, 7) is 2.24. The zero-order chi connectivity index (χ0) is 21.8. The van der Waals surface area contributed by atoms with Crippen LogP contribution in [0.25, 0.3) is 10.9 Å². The lowest BCUT2D eigenvalue weighted by Gasteiger charge is -2.26. The van der Waals surface area contributed by atoms with E-state index in [0.717, 1.165) is 36.8 Å². The molecule has 2 aromatic heterocycles. The van der Waals surface area contributed by atoms with E-state index in [2.05, 4.69) is 4.98 Å². The Hall–Kier alpha value is -2.48. The van der Waals surface area contributed by atoms with Crippen LogP contribution < -0.4 is 4.31 Å². The lowest BCUT2D eigenvalue weighted by molar-refractivity contribution is 0.399. The molecule has 1 N–H and O–H groups in total. The Kier molecular flexibility index (Phi) is 4.80. The average molecular weight is 444 g/mol. The number of aromatic hydroxyl groups is 1. The lowest BCUT2D eigenvalue weighted by Crippen LogP contribution is -2.33. The predicted octanol–water partition coefficient (Wildman–Crippen LogP) is 4.22. The summed E-state index contributed by atoms with van der Waals surface area (Å²) in [6, 6.07) is 1.83. The van der Waals surface area contributed by atoms with Crippen LogP contribution in [0.4, 0.5) is 10.2 Å². The number of halogens is 1. The summed E-state index contributed by atoms with van der Waals surface area (Å²) in [5, 5.41) is 11.7. The van der Waals surface area contributed by atoms with Crippen LogP contribution >= 0.6 is 0 Å². The Morgan fingerprint density at radius 3 is 2.77 bits per heavy atom. The first-order valence-electron chi connectivity index (χ1n) is 10.8. The van der Waals surface area contributed by atoms with Gasteiger partial charge >= 0.3 is 0 Å². The van der Waals surface area contributed by atoms with Crippen LogP contribution in [-0.2, 0) is 15.4 Å². The molecule has 31 heavy (non-hydrogen) atoms. The van der Waals surface area contributed by atoms with Crippen LogP contribution in [0.5, 0.6) is 5.75 Å². The van der Waals surface area contributed by atoms with Crippen LogP contribution in [0.3, 0.4) is 0 Å². The standard InChI is InChI=1S/C23H26FN3O3S/c1-15-13-18-19(25-14-15)20(28)21(23(9-10-23)16-5-7-17(24)8-6-16)26-22(18)27-11-3-2-4-12-31(27,29)30/h5-7,13-14,17,28H,2-4,8-12H2,1H3. The van der Waals surface area contributed by atoms with Gasteiger partial charge in [-0.15, -0.1) is 0 Å². The molecule has 2 aromatic rings. The largest absolute Gasteiger partial charge is 0.504 e. The highest BCUT2D eigenvalue weighted by Gasteiger charge is 2.51. The average Bonchev–Trinajstić information content (AvgIpc) is 3.55. The maximum atomic E-state index is 13.6. The maximum absolute atomic E-state index is 13.6. The molecule has 2 fully saturated rings. The monoisotopic (exact) mass is 443 g/mol. The van der Waals surface area contributed by atoms with E-state index in [9.17, 15) is 17.9 Å². The normalized spacial score (nSPS) is 24.6. The highest BCUT2D eigenvalue weighted by atomic mass is 32.2. The zero-order valence-corrected chi connectivity index (χ0v) is 18.3. The summed E-state index contributed by atoms with van der Waals surface area (Å²) in [5.74, 6) is 0.416. The molecule has 0 bridgehead atoms. The molecule has 1 saturated carbocycles. The van der Waals surface area contributed by atoms with Gasteiger partial charge < -0.3 is 5.11 Å². The fourth-order valence-corrected chi connectivity index (χ4v) is 6.32. The molecule has 8 heteroatoms. The number of hydrogen-bond acceptors (Lipinski definition) is 5. The summed E-state index contributed by atoms with van der Waals surface area (Å²) < 4.78 is 41.2. The number of rotatable bonds is 3. The molecule has 0 spiro atoms. The van der Waals surface area contributed by atoms with Crippen LogP contribution in [-0.4, -0.2) is 42.0 Å². The molecule has 164 valence electrons. The second kappa shape index (κ2) is 7.29. The van der Waals surface area contributed by atoms with E-state index in [1.807, 2.05) is 19.1 Å². The summed E-state index contributed by atoms with van der Waals surface area (Å²) in [5.41, 5.74) is 2.08. The van der Waals surface area contributed by atoms with Gasteiger partial charge in [-0.1, -0.05) is 24.6 Å². The van der Waals surface area contributed by atoms with Crippen molar-refractivity contribution in [1.82, 2.24) is 9.97 Å². The summed E-state index contributed by atoms with van der Waals surface area (Å²) in [4.78, 5) is 9.28. The first-order valence-corrected chi connectivity index (χ1v) is 12.5. The van der Waals surface area contributed by atoms with Crippen molar-refractivity contribution in [1.29, 1.82) is 0 Å². The first kappa shape index (κ1) is 20.4. The van der Waals surface area contributed by atoms with Gasteiger partial charge in [0.25, 0.3) is 0 Å². The molecule has 0 aromatic carbocycles. The molecule has 1 aliphatic heterocycles. The van der Waals surface area contributed by atoms with Gasteiger partial charge in [-0.3, -0.25) is 9.29 Å². The van der Waals surface area contributed by atoms with Crippen molar-refractivity contribution in [3.8, 4) is 5.75 Å². The third kappa shape index (κ3) is 3.41. The second-order valence-corrected chi connectivity index (χ2v) is 10.9. The summed E-state index contributed by atoms with van der Waals surface area (Å²) in [7, 11) is -3.52. The Morgan fingerprint density at radius 2 is 2.06 bits per heavy atom. The van der Waals surface area contributed by atoms with Gasteiger partial charge in [0.05, 0.1) is 11.4 Å². The molecule has 0 radical (unpaired) electrons. The molecule has 6 nitrogen and oxygen atoms in total. The van der Waals surface area contributed by atoms with Crippen molar-refractivity contribution in [3.63, 3.8) is 0 Å². The highest BCUT2D eigenvalue weighted by Crippen LogP contribution is 2.58. The molecule has 1 unspecified atom stereocenters. The van der Waals surface area contributed by atoms with Crippen molar-refractivity contribution >= 4 is 26.7 Å². The minimum absolute atomic E-state index is 0.0138. The smallest absolute Gasteiger partial charge is 0.236 e. The van der Waals surface area contributed by atoms with Crippen LogP contribution in [0.1, 0.15) is 49.8 Å². The quantitative estimate of drug-likeness (QED) is 0.768. The predicted molar refractivity (Wildman–Crippen MR) is 119 cm³/mol. The minimum atomic E-state index is -3.52. The number of allylic oxidation sites excluding steroid dienone is 4. The topological polar surface area (TPSA) is 83.4 Å². The summed E-state index contributed by atoms with van der Waals surface area (Å²) in [6.07, 6.45) is 9.92. The maximum Gasteiger partial charge on any atom is 0.236 e. The Labute approximate surface area is 181 Å². The molecule has 5 rings (SSSR count). The van der Waals surface area contributed by atoms with E-state index in [0.29, 0.717) is 41.8 Å². The van der Waals surface area contributed by atoms with Gasteiger partial charge in [-0.05, 0) is 49.8 Å². The lowest BCUT2D eigenvalue weighted by atomic mass is 9.86. The summed E-state index contributed by atoms with van der Waals surface area (Å²) >= 11 is 0. The molecule has 0 amide bonds. The molecular formula is C23H26FN3O3S. The van der Waals surface area contributed by atoms with Crippen LogP contribution in [0, 0.1) is 6.92 Å². The van der Waals surface area contributed by atoms with E-state index in [1.54, 1.807) is 12.3 Å². The van der Waals surface area contributed by atoms with Crippen LogP contribution in [0.2, 0.25) is 0 Å². The third-order valence-electron chi connectivity index (χ3n) is 6.57. The van der Waals surface area contributed by atoms with Crippen molar-refractivity contribution in [3.05, 3.63) is 47.3 Å². The zero-order valence-electron chi connectivity index (χ0n) is 17.5. The third-order valence-corrected chi connectivity index (χ3v) is 8.40. The molecular weight excluding hydrogens is 417 g/mol. The highest BCUT2D eigenvalue weighted by molar-refractivity contribution is 7.92. The van der Waals surface area contributed by atoms with E-state index in [4.69, 9.17) is 4.98 Å². The van der Waals surface area contributed by atoms with Gasteiger partial charge in [0, 0.05) is 30.0 Å². The van der Waals surface area contributed by atoms with Gasteiger partial charge in [0.1, 0.15) is 11.7 Å². The minimum Gasteiger partial charge on any atom is -0.504 e. The van der Waals surface area contributed by atoms with Gasteiger partial charge in [0.15, 0.2) is 11.6 Å². The Morgan fingerprint density at radius 1 is 1.26 bits per heavy atom. The van der Waals surface area contributed by atoms with Crippen molar-refractivity contribution in [2.75, 3.05) is 16.6 Å². The number of fused-ring (bicyclic) bond motifs is 1. The number of alkyl halides is 1. The molecule has 1 atom stereocenters. The van der Waals surface area contributed by atoms with E-state index >= 15 is 0 Å². The number of sulfonamides is 1. The Balaban J connectivity index is 1.74.